The second-order valence-corrected chi connectivity index (χ2v) is 7.16. The summed E-state index contributed by atoms with van der Waals surface area (Å²) in [5.41, 5.74) is 2.38. The van der Waals surface area contributed by atoms with Crippen molar-refractivity contribution in [3.05, 3.63) is 89.9 Å². The first kappa shape index (κ1) is 22.1. The number of anilines is 1. The highest BCUT2D eigenvalue weighted by molar-refractivity contribution is 6.08. The van der Waals surface area contributed by atoms with Gasteiger partial charge in [-0.2, -0.15) is 0 Å². The molecule has 3 N–H and O–H groups in total. The van der Waals surface area contributed by atoms with Gasteiger partial charge in [0.2, 0.25) is 0 Å². The summed E-state index contributed by atoms with van der Waals surface area (Å²) in [6, 6.07) is 18.4. The average Bonchev–Trinajstić information content (AvgIpc) is 2.80. The van der Waals surface area contributed by atoms with Gasteiger partial charge in [0.1, 0.15) is 11.7 Å². The molecular weight excluding hydrogens is 392 g/mol. The third-order valence-electron chi connectivity index (χ3n) is 4.86. The first-order valence-corrected chi connectivity index (χ1v) is 10.2. The van der Waals surface area contributed by atoms with Gasteiger partial charge in [-0.25, -0.2) is 4.98 Å². The number of nitrogens with zero attached hydrogens (tertiary/aromatic N) is 2. The van der Waals surface area contributed by atoms with Crippen LogP contribution in [-0.2, 0) is 17.9 Å². The van der Waals surface area contributed by atoms with E-state index in [4.69, 9.17) is 0 Å². The van der Waals surface area contributed by atoms with Crippen LogP contribution in [-0.4, -0.2) is 33.4 Å². The fourth-order valence-corrected chi connectivity index (χ4v) is 3.18. The Morgan fingerprint density at radius 2 is 1.65 bits per heavy atom. The number of hydrogen-bond donors (Lipinski definition) is 3. The Kier molecular flexibility index (Phi) is 8.25. The zero-order valence-corrected chi connectivity index (χ0v) is 17.2. The van der Waals surface area contributed by atoms with E-state index in [0.29, 0.717) is 31.6 Å². The molecule has 1 atom stereocenters. The van der Waals surface area contributed by atoms with Crippen molar-refractivity contribution in [2.24, 2.45) is 5.92 Å². The molecule has 0 saturated carbocycles. The van der Waals surface area contributed by atoms with Gasteiger partial charge >= 0.3 is 5.97 Å². The smallest absolute Gasteiger partial charge is 0.314 e. The lowest BCUT2D eigenvalue weighted by Crippen LogP contribution is -2.25. The van der Waals surface area contributed by atoms with Gasteiger partial charge in [0.05, 0.1) is 5.69 Å². The average molecular weight is 418 g/mol. The molecule has 0 fully saturated rings. The van der Waals surface area contributed by atoms with E-state index in [2.05, 4.69) is 20.6 Å². The Morgan fingerprint density at radius 1 is 0.903 bits per heavy atom. The highest BCUT2D eigenvalue weighted by Crippen LogP contribution is 2.16. The van der Waals surface area contributed by atoms with Crippen LogP contribution in [0.25, 0.3) is 0 Å². The van der Waals surface area contributed by atoms with E-state index in [9.17, 15) is 14.7 Å². The number of carbonyl (C=O) groups excluding carboxylic acids is 1. The number of pyridine rings is 2. The second kappa shape index (κ2) is 11.6. The summed E-state index contributed by atoms with van der Waals surface area (Å²) in [4.78, 5) is 32.8. The molecule has 2 aromatic heterocycles. The Morgan fingerprint density at radius 3 is 2.29 bits per heavy atom. The van der Waals surface area contributed by atoms with Crippen LogP contribution in [0.15, 0.2) is 73.1 Å². The molecule has 0 amide bonds. The van der Waals surface area contributed by atoms with Crippen LogP contribution in [0.2, 0.25) is 0 Å². The number of benzene rings is 1. The van der Waals surface area contributed by atoms with E-state index in [-0.39, 0.29) is 12.2 Å². The van der Waals surface area contributed by atoms with Gasteiger partial charge in [0.25, 0.3) is 0 Å². The van der Waals surface area contributed by atoms with E-state index < -0.39 is 11.9 Å². The molecule has 0 aliphatic carbocycles. The second-order valence-electron chi connectivity index (χ2n) is 7.16. The van der Waals surface area contributed by atoms with Gasteiger partial charge in [0, 0.05) is 37.6 Å². The topological polar surface area (TPSA) is 104 Å². The number of carboxylic acids is 1. The third kappa shape index (κ3) is 7.01. The lowest BCUT2D eigenvalue weighted by molar-refractivity contribution is -0.140. The van der Waals surface area contributed by atoms with Gasteiger partial charge in [0.15, 0.2) is 5.78 Å². The van der Waals surface area contributed by atoms with Gasteiger partial charge in [-0.1, -0.05) is 36.4 Å². The lowest BCUT2D eigenvalue weighted by atomic mass is 9.93. The van der Waals surface area contributed by atoms with Crippen molar-refractivity contribution in [1.29, 1.82) is 0 Å². The van der Waals surface area contributed by atoms with Crippen molar-refractivity contribution in [2.45, 2.75) is 25.9 Å². The summed E-state index contributed by atoms with van der Waals surface area (Å²) in [5.74, 6) is -1.78. The molecule has 0 aliphatic heterocycles. The van der Waals surface area contributed by atoms with Crippen molar-refractivity contribution in [2.75, 3.05) is 11.9 Å². The fraction of sp³-hybridized carbons (Fsp3) is 0.250. The molecule has 0 bridgehead atoms. The normalized spacial score (nSPS) is 11.6. The Bertz CT molecular complexity index is 963. The zero-order chi connectivity index (χ0) is 21.9. The number of rotatable bonds is 12. The molecule has 2 heterocycles. The summed E-state index contributed by atoms with van der Waals surface area (Å²) in [7, 11) is 0. The Balaban J connectivity index is 1.48. The molecule has 160 valence electrons. The van der Waals surface area contributed by atoms with Gasteiger partial charge < -0.3 is 15.7 Å². The first-order valence-electron chi connectivity index (χ1n) is 10.2. The van der Waals surface area contributed by atoms with Gasteiger partial charge in [-0.15, -0.1) is 0 Å². The molecule has 0 aliphatic rings. The molecule has 7 nitrogen and oxygen atoms in total. The number of ketones is 1. The third-order valence-corrected chi connectivity index (χ3v) is 4.86. The van der Waals surface area contributed by atoms with E-state index in [1.54, 1.807) is 24.5 Å². The number of hydrogen-bond acceptors (Lipinski definition) is 6. The minimum Gasteiger partial charge on any atom is -0.481 e. The van der Waals surface area contributed by atoms with Crippen LogP contribution < -0.4 is 10.6 Å². The maximum atomic E-state index is 12.7. The number of Topliss-reactive ketones (excluding diaryl/α,β-unsaturated/α-hetero) is 1. The van der Waals surface area contributed by atoms with Crippen LogP contribution in [0.1, 0.15) is 34.5 Å². The summed E-state index contributed by atoms with van der Waals surface area (Å²) in [6.45, 7) is 1.83. The molecular formula is C24H26N4O3. The Hall–Kier alpha value is -3.58. The quantitative estimate of drug-likeness (QED) is 0.235. The monoisotopic (exact) mass is 418 g/mol. The van der Waals surface area contributed by atoms with E-state index >= 15 is 0 Å². The Labute approximate surface area is 181 Å². The number of aliphatic carboxylic acids is 1. The van der Waals surface area contributed by atoms with Crippen molar-refractivity contribution < 1.29 is 14.7 Å². The molecule has 0 unspecified atom stereocenters. The molecule has 0 saturated heterocycles. The number of carboxylic acid groups (broad SMARTS) is 1. The van der Waals surface area contributed by atoms with E-state index in [1.165, 1.54) is 0 Å². The molecule has 1 aromatic carbocycles. The number of aromatic nitrogens is 2. The maximum Gasteiger partial charge on any atom is 0.314 e. The van der Waals surface area contributed by atoms with Crippen molar-refractivity contribution >= 4 is 17.6 Å². The first-order chi connectivity index (χ1) is 15.1. The molecule has 7 heteroatoms. The summed E-state index contributed by atoms with van der Waals surface area (Å²) in [6.07, 6.45) is 4.25. The SMILES string of the molecule is O=C(O)[C@@H](CCCNc1ccccn1)C(=O)c1ccc(CNCc2ccccn2)cc1. The van der Waals surface area contributed by atoms with Crippen LogP contribution in [0.5, 0.6) is 0 Å². The molecule has 3 rings (SSSR count). The molecule has 0 spiro atoms. The molecule has 31 heavy (non-hydrogen) atoms. The number of carbonyl (C=O) groups is 2. The lowest BCUT2D eigenvalue weighted by Gasteiger charge is -2.12. The molecule has 3 aromatic rings. The predicted molar refractivity (Wildman–Crippen MR) is 119 cm³/mol. The fourth-order valence-electron chi connectivity index (χ4n) is 3.18. The zero-order valence-electron chi connectivity index (χ0n) is 17.2. The summed E-state index contributed by atoms with van der Waals surface area (Å²) >= 11 is 0. The van der Waals surface area contributed by atoms with Crippen LogP contribution >= 0.6 is 0 Å². The molecule has 0 radical (unpaired) electrons. The van der Waals surface area contributed by atoms with Gasteiger partial charge in [-0.05, 0) is 42.7 Å². The van der Waals surface area contributed by atoms with E-state index in [0.717, 1.165) is 17.1 Å². The summed E-state index contributed by atoms with van der Waals surface area (Å²) < 4.78 is 0. The number of nitrogens with one attached hydrogen (secondary N) is 2. The maximum absolute atomic E-state index is 12.7. The van der Waals surface area contributed by atoms with Gasteiger partial charge in [-0.3, -0.25) is 14.6 Å². The van der Waals surface area contributed by atoms with Crippen molar-refractivity contribution in [3.8, 4) is 0 Å². The minimum absolute atomic E-state index is 0.265. The highest BCUT2D eigenvalue weighted by atomic mass is 16.4. The highest BCUT2D eigenvalue weighted by Gasteiger charge is 2.26. The summed E-state index contributed by atoms with van der Waals surface area (Å²) in [5, 5.41) is 16.0. The minimum atomic E-state index is -1.09. The largest absolute Gasteiger partial charge is 0.481 e. The van der Waals surface area contributed by atoms with Crippen LogP contribution in [0.4, 0.5) is 5.82 Å². The van der Waals surface area contributed by atoms with Crippen molar-refractivity contribution in [3.63, 3.8) is 0 Å². The van der Waals surface area contributed by atoms with E-state index in [1.807, 2.05) is 48.5 Å². The predicted octanol–water partition coefficient (Wildman–Crippen LogP) is 3.54. The van der Waals surface area contributed by atoms with Crippen LogP contribution in [0, 0.1) is 5.92 Å². The standard InChI is InChI=1S/C24H26N4O3/c29-23(21(24(30)31)7-5-15-28-22-8-2-4-14-27-22)19-11-9-18(10-12-19)16-25-17-20-6-1-3-13-26-20/h1-4,6,8-14,21,25H,5,7,15-17H2,(H,27,28)(H,30,31)/t21-/m0/s1. The van der Waals surface area contributed by atoms with Crippen LogP contribution in [0.3, 0.4) is 0 Å². The van der Waals surface area contributed by atoms with Crippen molar-refractivity contribution in [1.82, 2.24) is 15.3 Å².